The van der Waals surface area contributed by atoms with Crippen molar-refractivity contribution >= 4 is 41.3 Å². The van der Waals surface area contributed by atoms with Gasteiger partial charge in [0.2, 0.25) is 12.2 Å². The third-order valence-electron chi connectivity index (χ3n) is 8.23. The highest BCUT2D eigenvalue weighted by Gasteiger charge is 2.60. The number of β-lactam (4-membered cyclic amide) rings is 1. The van der Waals surface area contributed by atoms with Crippen molar-refractivity contribution in [2.24, 2.45) is 17.6 Å². The summed E-state index contributed by atoms with van der Waals surface area (Å²) in [7, 11) is 0. The predicted octanol–water partition coefficient (Wildman–Crippen LogP) is -2.16. The van der Waals surface area contributed by atoms with E-state index in [9.17, 15) is 39.5 Å². The number of primary amides is 1. The maximum absolute atomic E-state index is 13.4. The number of non-ortho nitro benzene ring substituents is 1. The van der Waals surface area contributed by atoms with Gasteiger partial charge in [0, 0.05) is 34.8 Å². The van der Waals surface area contributed by atoms with E-state index in [2.05, 4.69) is 0 Å². The lowest BCUT2D eigenvalue weighted by atomic mass is 9.79. The number of aliphatic carboxylic acids is 1. The molecule has 4 heterocycles. The molecule has 0 unspecified atom stereocenters. The van der Waals surface area contributed by atoms with Crippen LogP contribution in [0.15, 0.2) is 53.6 Å². The number of nitrogens with two attached hydrogens (primary N) is 1. The summed E-state index contributed by atoms with van der Waals surface area (Å²) in [4.78, 5) is 63.6. The van der Waals surface area contributed by atoms with Crippen molar-refractivity contribution in [2.75, 3.05) is 6.54 Å². The second kappa shape index (κ2) is 13.7. The smallest absolute Gasteiger partial charge is 0.410 e. The van der Waals surface area contributed by atoms with Crippen molar-refractivity contribution in [1.82, 2.24) is 14.4 Å². The molecule has 45 heavy (non-hydrogen) atoms. The van der Waals surface area contributed by atoms with Gasteiger partial charge in [-0.25, -0.2) is 18.7 Å². The zero-order valence-corrected chi connectivity index (χ0v) is 27.4. The summed E-state index contributed by atoms with van der Waals surface area (Å²) in [6.07, 6.45) is 4.10. The van der Waals surface area contributed by atoms with Gasteiger partial charge >= 0.3 is 12.1 Å². The topological polar surface area (TPSA) is 202 Å². The van der Waals surface area contributed by atoms with Crippen LogP contribution in [0.5, 0.6) is 0 Å². The van der Waals surface area contributed by atoms with E-state index in [0.717, 1.165) is 0 Å². The molecule has 0 spiro atoms. The number of nitro groups is 1. The monoisotopic (exact) mass is 756 g/mol. The molecule has 3 aliphatic heterocycles. The van der Waals surface area contributed by atoms with Crippen LogP contribution in [-0.4, -0.2) is 83.4 Å². The first-order valence-corrected chi connectivity index (χ1v) is 14.9. The van der Waals surface area contributed by atoms with E-state index in [0.29, 0.717) is 23.4 Å². The van der Waals surface area contributed by atoms with Gasteiger partial charge in [0.1, 0.15) is 31.2 Å². The van der Waals surface area contributed by atoms with Gasteiger partial charge in [0.25, 0.3) is 11.6 Å². The third-order valence-corrected chi connectivity index (χ3v) is 9.72. The lowest BCUT2D eigenvalue weighted by Crippen LogP contribution is -3.00. The number of fused-ring (bicyclic) bond motifs is 1. The summed E-state index contributed by atoms with van der Waals surface area (Å²) in [6.45, 7) is 3.84. The third kappa shape index (κ3) is 6.94. The number of hydrogen-bond acceptors (Lipinski definition) is 9. The van der Waals surface area contributed by atoms with Gasteiger partial charge in [-0.1, -0.05) is 6.92 Å². The van der Waals surface area contributed by atoms with Crippen LogP contribution in [0, 0.1) is 22.0 Å². The summed E-state index contributed by atoms with van der Waals surface area (Å²) in [6, 6.07) is 4.87. The molecular formula is C28H33IN6O9S. The van der Waals surface area contributed by atoms with E-state index in [-0.39, 0.29) is 72.3 Å². The fourth-order valence-corrected chi connectivity index (χ4v) is 7.78. The molecule has 0 radical (unpaired) electrons. The predicted molar refractivity (Wildman–Crippen MR) is 153 cm³/mol. The maximum atomic E-state index is 13.4. The second-order valence-electron chi connectivity index (χ2n) is 11.3. The first kappa shape index (κ1) is 34.2. The zero-order chi connectivity index (χ0) is 31.9. The normalized spacial score (nSPS) is 24.5. The van der Waals surface area contributed by atoms with Gasteiger partial charge in [-0.05, 0) is 31.0 Å². The van der Waals surface area contributed by atoms with Crippen LogP contribution >= 0.6 is 11.8 Å². The zero-order valence-electron chi connectivity index (χ0n) is 24.4. The van der Waals surface area contributed by atoms with E-state index >= 15 is 0 Å². The summed E-state index contributed by atoms with van der Waals surface area (Å²) in [5, 5.41) is 30.9. The van der Waals surface area contributed by atoms with Crippen molar-refractivity contribution in [3.63, 3.8) is 0 Å². The molecule has 0 saturated carbocycles. The van der Waals surface area contributed by atoms with E-state index in [4.69, 9.17) is 10.5 Å². The number of carbonyl (C=O) groups excluding carboxylic acids is 3. The van der Waals surface area contributed by atoms with Crippen LogP contribution in [0.4, 0.5) is 10.5 Å². The molecule has 2 fully saturated rings. The molecular weight excluding hydrogens is 723 g/mol. The Labute approximate surface area is 279 Å². The Morgan fingerprint density at radius 2 is 1.96 bits per heavy atom. The average molecular weight is 757 g/mol. The second-order valence-corrected chi connectivity index (χ2v) is 12.6. The number of thioether (sulfide) groups is 1. The number of benzene rings is 1. The van der Waals surface area contributed by atoms with Crippen LogP contribution in [-0.2, 0) is 38.8 Å². The van der Waals surface area contributed by atoms with Gasteiger partial charge in [0.05, 0.1) is 29.0 Å². The number of nitrogens with zero attached hydrogens (tertiary/aromatic N) is 5. The number of amides is 3. The van der Waals surface area contributed by atoms with Crippen LogP contribution in [0.1, 0.15) is 25.8 Å². The summed E-state index contributed by atoms with van der Waals surface area (Å²) >= 11 is 1.32. The van der Waals surface area contributed by atoms with Crippen molar-refractivity contribution in [2.45, 2.75) is 63.4 Å². The van der Waals surface area contributed by atoms with Crippen LogP contribution in [0.2, 0.25) is 0 Å². The molecule has 5 rings (SSSR count). The highest BCUT2D eigenvalue weighted by Crippen LogP contribution is 2.52. The van der Waals surface area contributed by atoms with E-state index in [1.54, 1.807) is 28.2 Å². The summed E-state index contributed by atoms with van der Waals surface area (Å²) in [5.74, 6) is -3.14. The molecule has 1 aromatic carbocycles. The van der Waals surface area contributed by atoms with Crippen molar-refractivity contribution in [3.8, 4) is 0 Å². The first-order valence-electron chi connectivity index (χ1n) is 14.0. The molecule has 15 nitrogen and oxygen atoms in total. The van der Waals surface area contributed by atoms with Gasteiger partial charge < -0.3 is 54.5 Å². The Bertz CT molecular complexity index is 1530. The molecule has 17 heteroatoms. The Morgan fingerprint density at radius 3 is 2.56 bits per heavy atom. The van der Waals surface area contributed by atoms with Crippen molar-refractivity contribution in [1.29, 1.82) is 0 Å². The van der Waals surface area contributed by atoms with Crippen LogP contribution in [0.3, 0.4) is 0 Å². The van der Waals surface area contributed by atoms with E-state index in [1.165, 1.54) is 47.9 Å². The minimum absolute atomic E-state index is 0. The molecule has 1 aromatic heterocycles. The number of aromatic nitrogens is 2. The van der Waals surface area contributed by atoms with E-state index < -0.39 is 46.9 Å². The number of aliphatic hydroxyl groups excluding tert-OH is 1. The number of nitro benzene ring substituents is 1. The minimum Gasteiger partial charge on any atom is -1.00 e. The van der Waals surface area contributed by atoms with Crippen LogP contribution < -0.4 is 34.3 Å². The number of halogens is 1. The SMILES string of the molecule is C[C@@H](O)[C@H]1C(=O)N2C(C(=O)O)=C(S[C@H]3C[C@@H](C[n+]4ccn(CC(N)=O)c4)N(C(=O)OCc4ccc([N+](=O)[O-])cc4)C3)[C@H](C)[C@H]12.[I-]. The number of carbonyl (C=O) groups is 4. The number of hydrogen-bond donors (Lipinski definition) is 3. The summed E-state index contributed by atoms with van der Waals surface area (Å²) < 4.78 is 9.01. The molecule has 4 N–H and O–H groups in total. The fraction of sp³-hybridized carbons (Fsp3) is 0.464. The van der Waals surface area contributed by atoms with Crippen LogP contribution in [0.25, 0.3) is 0 Å². The highest BCUT2D eigenvalue weighted by atomic mass is 127. The molecule has 3 amide bonds. The number of likely N-dealkylation sites (tertiary alicyclic amines) is 1. The lowest BCUT2D eigenvalue weighted by Gasteiger charge is -2.46. The van der Waals surface area contributed by atoms with Crippen molar-refractivity contribution < 1.29 is 67.6 Å². The Balaban J connectivity index is 0.00000461. The summed E-state index contributed by atoms with van der Waals surface area (Å²) in [5.41, 5.74) is 5.71. The Hall–Kier alpha value is -3.71. The molecule has 0 aliphatic carbocycles. The van der Waals surface area contributed by atoms with Crippen molar-refractivity contribution in [3.05, 3.63) is 69.3 Å². The van der Waals surface area contributed by atoms with E-state index in [1.807, 2.05) is 11.5 Å². The largest absolute Gasteiger partial charge is 1.00 e. The fourth-order valence-electron chi connectivity index (χ4n) is 6.22. The van der Waals surface area contributed by atoms with Gasteiger partial charge in [-0.3, -0.25) is 19.7 Å². The average Bonchev–Trinajstić information content (AvgIpc) is 3.63. The number of carboxylic acids is 1. The molecule has 6 atom stereocenters. The molecule has 2 saturated heterocycles. The first-order chi connectivity index (χ1) is 20.8. The quantitative estimate of drug-likeness (QED) is 0.0746. The molecule has 2 aromatic rings. The number of rotatable bonds is 11. The van der Waals surface area contributed by atoms with Gasteiger partial charge in [-0.15, -0.1) is 11.8 Å². The van der Waals surface area contributed by atoms with Gasteiger partial charge in [0.15, 0.2) is 6.54 Å². The minimum atomic E-state index is -1.22. The number of ether oxygens (including phenoxy) is 1. The number of aliphatic hydroxyl groups is 1. The highest BCUT2D eigenvalue weighted by molar-refractivity contribution is 8.03. The Kier molecular flexibility index (Phi) is 10.4. The lowest BCUT2D eigenvalue weighted by molar-refractivity contribution is -0.700. The number of carboxylic acid groups (broad SMARTS) is 1. The maximum Gasteiger partial charge on any atom is 0.410 e. The molecule has 3 aliphatic rings. The molecule has 0 bridgehead atoms. The molecule has 242 valence electrons. The van der Waals surface area contributed by atoms with Gasteiger partial charge in [-0.2, -0.15) is 0 Å². The number of imidazole rings is 1. The standard InChI is InChI=1S/C28H32N6O9S.HI/c1-15-23-22(16(2)35)26(37)33(23)24(27(38)39)25(15)44-20-9-19(10-30-7-8-31(14-30)12-21(29)36)32(11-20)28(40)43-13-17-3-5-18(6-4-17)34(41)42;/h3-8,14-16,19-20,22-23,35H,9-13H2,1-2H3,(H2-,29,36,38,39);1H/t15-,16-,19+,20+,22-,23-;/m1./s1. The Morgan fingerprint density at radius 1 is 1.27 bits per heavy atom.